The molecule has 0 aliphatic rings. The number of ketones is 1. The van der Waals surface area contributed by atoms with Crippen LogP contribution in [0.1, 0.15) is 28.4 Å². The zero-order valence-corrected chi connectivity index (χ0v) is 20.4. The molecule has 0 saturated carbocycles. The first-order valence-electron chi connectivity index (χ1n) is 11.9. The van der Waals surface area contributed by atoms with Gasteiger partial charge in [0.15, 0.2) is 5.71 Å². The van der Waals surface area contributed by atoms with Crippen LogP contribution >= 0.6 is 0 Å². The molecule has 0 aliphatic carbocycles. The number of aliphatic hydroxyl groups excluding tert-OH is 1. The van der Waals surface area contributed by atoms with Crippen molar-refractivity contribution in [2.45, 2.75) is 13.2 Å². The number of nitro benzene ring substituents is 1. The van der Waals surface area contributed by atoms with Gasteiger partial charge in [-0.2, -0.15) is 0 Å². The standard InChI is InChI=1S/C30H23N3O5/c1-20(34)38-31-29(22-10-6-3-7-11-22)30(35)23-12-14-27-25(18-23)26-19-24(33(36)37)13-15-28(26)32(27)17-16-21-8-4-2-5-9-21/h2-20,34H,1H3/b17-16+,31-29+. The van der Waals surface area contributed by atoms with Crippen LogP contribution in [0.15, 0.2) is 102 Å². The Kier molecular flexibility index (Phi) is 6.80. The normalized spacial score (nSPS) is 12.7. The number of carbonyl (C=O) groups excluding carboxylic acids is 1. The first-order chi connectivity index (χ1) is 18.4. The number of fused-ring (bicyclic) bond motifs is 3. The molecular formula is C30H23N3O5. The number of oxime groups is 1. The predicted molar refractivity (Wildman–Crippen MR) is 148 cm³/mol. The molecule has 0 saturated heterocycles. The molecule has 0 bridgehead atoms. The van der Waals surface area contributed by atoms with E-state index >= 15 is 0 Å². The van der Waals surface area contributed by atoms with Gasteiger partial charge in [-0.3, -0.25) is 14.9 Å². The molecule has 1 unspecified atom stereocenters. The van der Waals surface area contributed by atoms with Crippen LogP contribution in [0.2, 0.25) is 0 Å². The van der Waals surface area contributed by atoms with Crippen LogP contribution in [0.3, 0.4) is 0 Å². The van der Waals surface area contributed by atoms with Crippen LogP contribution in [-0.2, 0) is 4.84 Å². The molecule has 5 aromatic rings. The number of benzene rings is 4. The van der Waals surface area contributed by atoms with Gasteiger partial charge < -0.3 is 14.5 Å². The maximum absolute atomic E-state index is 13.6. The van der Waals surface area contributed by atoms with Gasteiger partial charge in [0.25, 0.3) is 5.69 Å². The predicted octanol–water partition coefficient (Wildman–Crippen LogP) is 6.27. The van der Waals surface area contributed by atoms with Crippen molar-refractivity contribution in [3.8, 4) is 0 Å². The van der Waals surface area contributed by atoms with Gasteiger partial charge >= 0.3 is 0 Å². The average Bonchev–Trinajstić information content (AvgIpc) is 3.25. The maximum atomic E-state index is 13.6. The van der Waals surface area contributed by atoms with Crippen LogP contribution < -0.4 is 0 Å². The minimum atomic E-state index is -1.20. The van der Waals surface area contributed by atoms with E-state index in [1.807, 2.05) is 59.3 Å². The number of hydrogen-bond donors (Lipinski definition) is 1. The Morgan fingerprint density at radius 3 is 2.21 bits per heavy atom. The highest BCUT2D eigenvalue weighted by atomic mass is 16.7. The Balaban J connectivity index is 1.67. The smallest absolute Gasteiger partial charge is 0.270 e. The fourth-order valence-corrected chi connectivity index (χ4v) is 4.27. The summed E-state index contributed by atoms with van der Waals surface area (Å²) < 4.78 is 1.94. The van der Waals surface area contributed by atoms with Crippen molar-refractivity contribution in [1.82, 2.24) is 4.57 Å². The molecule has 4 aromatic carbocycles. The molecular weight excluding hydrogens is 482 g/mol. The van der Waals surface area contributed by atoms with Crippen LogP contribution in [-0.4, -0.2) is 32.4 Å². The van der Waals surface area contributed by atoms with Gasteiger partial charge in [-0.25, -0.2) is 0 Å². The second-order valence-corrected chi connectivity index (χ2v) is 8.63. The molecule has 0 spiro atoms. The number of nitro groups is 1. The van der Waals surface area contributed by atoms with E-state index in [-0.39, 0.29) is 11.4 Å². The van der Waals surface area contributed by atoms with E-state index in [4.69, 9.17) is 4.84 Å². The summed E-state index contributed by atoms with van der Waals surface area (Å²) in [4.78, 5) is 29.7. The number of nitrogens with zero attached hydrogens (tertiary/aromatic N) is 3. The summed E-state index contributed by atoms with van der Waals surface area (Å²) in [5.41, 5.74) is 3.38. The molecule has 1 aromatic heterocycles. The molecule has 188 valence electrons. The summed E-state index contributed by atoms with van der Waals surface area (Å²) >= 11 is 0. The molecule has 0 fully saturated rings. The number of rotatable bonds is 8. The molecule has 38 heavy (non-hydrogen) atoms. The summed E-state index contributed by atoms with van der Waals surface area (Å²) in [6.45, 7) is 1.40. The van der Waals surface area contributed by atoms with Gasteiger partial charge in [0.1, 0.15) is 0 Å². The van der Waals surface area contributed by atoms with Crippen LogP contribution in [0.5, 0.6) is 0 Å². The third-order valence-corrected chi connectivity index (χ3v) is 6.03. The summed E-state index contributed by atoms with van der Waals surface area (Å²) in [6, 6.07) is 28.5. The van der Waals surface area contributed by atoms with Crippen molar-refractivity contribution in [2.75, 3.05) is 0 Å². The Bertz CT molecular complexity index is 1700. The zero-order valence-electron chi connectivity index (χ0n) is 20.4. The summed E-state index contributed by atoms with van der Waals surface area (Å²) in [6.07, 6.45) is 2.66. The van der Waals surface area contributed by atoms with Gasteiger partial charge in [-0.15, -0.1) is 0 Å². The van der Waals surface area contributed by atoms with Gasteiger partial charge in [-0.05, 0) is 35.9 Å². The first kappa shape index (κ1) is 24.6. The van der Waals surface area contributed by atoms with Crippen molar-refractivity contribution >= 4 is 51.3 Å². The highest BCUT2D eigenvalue weighted by molar-refractivity contribution is 6.51. The molecule has 0 amide bonds. The van der Waals surface area contributed by atoms with E-state index in [0.29, 0.717) is 21.9 Å². The topological polar surface area (TPSA) is 107 Å². The average molecular weight is 506 g/mol. The van der Waals surface area contributed by atoms with Crippen molar-refractivity contribution in [3.63, 3.8) is 0 Å². The van der Waals surface area contributed by atoms with Crippen molar-refractivity contribution in [1.29, 1.82) is 0 Å². The van der Waals surface area contributed by atoms with Crippen molar-refractivity contribution < 1.29 is 19.7 Å². The van der Waals surface area contributed by atoms with Crippen LogP contribution in [0.4, 0.5) is 5.69 Å². The summed E-state index contributed by atoms with van der Waals surface area (Å²) in [5, 5.41) is 26.3. The minimum Gasteiger partial charge on any atom is -0.363 e. The molecule has 1 heterocycles. The van der Waals surface area contributed by atoms with E-state index in [0.717, 1.165) is 16.6 Å². The quantitative estimate of drug-likeness (QED) is 0.0879. The minimum absolute atomic E-state index is 0.0320. The lowest BCUT2D eigenvalue weighted by atomic mass is 9.99. The molecule has 1 N–H and O–H groups in total. The monoisotopic (exact) mass is 505 g/mol. The third-order valence-electron chi connectivity index (χ3n) is 6.03. The molecule has 8 nitrogen and oxygen atoms in total. The van der Waals surface area contributed by atoms with E-state index in [1.165, 1.54) is 19.1 Å². The van der Waals surface area contributed by atoms with Gasteiger partial charge in [0.2, 0.25) is 12.1 Å². The Morgan fingerprint density at radius 2 is 1.55 bits per heavy atom. The second kappa shape index (κ2) is 10.5. The Morgan fingerprint density at radius 1 is 0.921 bits per heavy atom. The summed E-state index contributed by atoms with van der Waals surface area (Å²) in [5.74, 6) is -0.412. The highest BCUT2D eigenvalue weighted by Crippen LogP contribution is 2.33. The number of Topliss-reactive ketones (excluding diaryl/α,β-unsaturated/α-hetero) is 1. The number of aliphatic hydroxyl groups is 1. The largest absolute Gasteiger partial charge is 0.363 e. The fourth-order valence-electron chi connectivity index (χ4n) is 4.27. The molecule has 5 rings (SSSR count). The molecule has 8 heteroatoms. The lowest BCUT2D eigenvalue weighted by Crippen LogP contribution is -2.17. The second-order valence-electron chi connectivity index (χ2n) is 8.63. The first-order valence-corrected chi connectivity index (χ1v) is 11.9. The molecule has 0 radical (unpaired) electrons. The highest BCUT2D eigenvalue weighted by Gasteiger charge is 2.21. The van der Waals surface area contributed by atoms with E-state index in [9.17, 15) is 20.0 Å². The number of aromatic nitrogens is 1. The van der Waals surface area contributed by atoms with Crippen molar-refractivity contribution in [3.05, 3.63) is 124 Å². The SMILES string of the molecule is CC(O)O/N=C(/C(=O)c1ccc2c(c1)c1cc([N+](=O)[O-])ccc1n2/C=C/c1ccccc1)c1ccccc1. The molecule has 1 atom stereocenters. The van der Waals surface area contributed by atoms with Gasteiger partial charge in [-0.1, -0.05) is 65.8 Å². The van der Waals surface area contributed by atoms with E-state index < -0.39 is 17.0 Å². The lowest BCUT2D eigenvalue weighted by molar-refractivity contribution is -0.384. The number of hydrogen-bond acceptors (Lipinski definition) is 6. The maximum Gasteiger partial charge on any atom is 0.270 e. The number of non-ortho nitro benzene ring substituents is 1. The van der Waals surface area contributed by atoms with Crippen LogP contribution in [0, 0.1) is 10.1 Å². The Labute approximate surface area is 217 Å². The Hall–Kier alpha value is -5.08. The van der Waals surface area contributed by atoms with Crippen LogP contribution in [0.25, 0.3) is 34.1 Å². The summed E-state index contributed by atoms with van der Waals surface area (Å²) in [7, 11) is 0. The van der Waals surface area contributed by atoms with Crippen molar-refractivity contribution in [2.24, 2.45) is 5.16 Å². The number of carbonyl (C=O) groups is 1. The third kappa shape index (κ3) is 4.93. The van der Waals surface area contributed by atoms with E-state index in [2.05, 4.69) is 5.16 Å². The van der Waals surface area contributed by atoms with Gasteiger partial charge in [0.05, 0.1) is 16.0 Å². The fraction of sp³-hybridized carbons (Fsp3) is 0.0667. The molecule has 0 aliphatic heterocycles. The van der Waals surface area contributed by atoms with Gasteiger partial charge in [0, 0.05) is 47.2 Å². The lowest BCUT2D eigenvalue weighted by Gasteiger charge is -2.08. The van der Waals surface area contributed by atoms with E-state index in [1.54, 1.807) is 42.5 Å². The zero-order chi connectivity index (χ0) is 26.6.